The maximum absolute atomic E-state index is 14.1. The number of rotatable bonds is 7. The summed E-state index contributed by atoms with van der Waals surface area (Å²) >= 11 is 0. The summed E-state index contributed by atoms with van der Waals surface area (Å²) in [6.45, 7) is 6.49. The number of carbonyl (C=O) groups excluding carboxylic acids is 1. The quantitative estimate of drug-likeness (QED) is 0.810. The van der Waals surface area contributed by atoms with Gasteiger partial charge in [-0.2, -0.15) is 0 Å². The standard InChI is InChI=1S/C15H23F2N3O/c1-5-18-14(21)9-20(4)15-12(16)6-11(7-13(15)17)8-19-10(2)3/h6-7,10,19H,5,8-9H2,1-4H3,(H,18,21). The average molecular weight is 299 g/mol. The van der Waals surface area contributed by atoms with Gasteiger partial charge in [-0.25, -0.2) is 8.78 Å². The first kappa shape index (κ1) is 17.4. The number of hydrogen-bond donors (Lipinski definition) is 2. The van der Waals surface area contributed by atoms with E-state index in [1.165, 1.54) is 24.1 Å². The van der Waals surface area contributed by atoms with E-state index in [9.17, 15) is 13.6 Å². The van der Waals surface area contributed by atoms with Gasteiger partial charge in [0.15, 0.2) is 0 Å². The lowest BCUT2D eigenvalue weighted by atomic mass is 10.1. The van der Waals surface area contributed by atoms with E-state index in [0.717, 1.165) is 0 Å². The Bertz CT molecular complexity index is 469. The molecule has 0 spiro atoms. The van der Waals surface area contributed by atoms with Crippen LogP contribution < -0.4 is 15.5 Å². The minimum Gasteiger partial charge on any atom is -0.361 e. The maximum atomic E-state index is 14.1. The highest BCUT2D eigenvalue weighted by atomic mass is 19.1. The van der Waals surface area contributed by atoms with Gasteiger partial charge in [-0.15, -0.1) is 0 Å². The third-order valence-corrected chi connectivity index (χ3v) is 2.93. The Balaban J connectivity index is 2.86. The van der Waals surface area contributed by atoms with Gasteiger partial charge in [0.05, 0.1) is 6.54 Å². The van der Waals surface area contributed by atoms with E-state index in [-0.39, 0.29) is 24.2 Å². The summed E-state index contributed by atoms with van der Waals surface area (Å²) in [6, 6.07) is 2.82. The predicted octanol–water partition coefficient (Wildman–Crippen LogP) is 2.04. The zero-order chi connectivity index (χ0) is 16.0. The fourth-order valence-electron chi connectivity index (χ4n) is 1.95. The zero-order valence-electron chi connectivity index (χ0n) is 13.0. The van der Waals surface area contributed by atoms with E-state index in [1.54, 1.807) is 6.92 Å². The van der Waals surface area contributed by atoms with Crippen LogP contribution in [0.15, 0.2) is 12.1 Å². The van der Waals surface area contributed by atoms with Crippen LogP contribution in [0.5, 0.6) is 0 Å². The Kier molecular flexibility index (Phi) is 6.55. The highest BCUT2D eigenvalue weighted by molar-refractivity contribution is 5.81. The molecule has 0 radical (unpaired) electrons. The van der Waals surface area contributed by atoms with Crippen molar-refractivity contribution in [3.8, 4) is 0 Å². The van der Waals surface area contributed by atoms with Crippen molar-refractivity contribution in [3.05, 3.63) is 29.3 Å². The third kappa shape index (κ3) is 5.30. The second-order valence-electron chi connectivity index (χ2n) is 5.25. The molecule has 0 aromatic heterocycles. The van der Waals surface area contributed by atoms with Gasteiger partial charge in [-0.05, 0) is 24.6 Å². The van der Waals surface area contributed by atoms with Crippen molar-refractivity contribution in [1.29, 1.82) is 0 Å². The van der Waals surface area contributed by atoms with Crippen molar-refractivity contribution in [3.63, 3.8) is 0 Å². The first-order valence-electron chi connectivity index (χ1n) is 7.04. The molecule has 0 atom stereocenters. The number of carbonyl (C=O) groups is 1. The third-order valence-electron chi connectivity index (χ3n) is 2.93. The number of benzene rings is 1. The lowest BCUT2D eigenvalue weighted by Gasteiger charge is -2.20. The van der Waals surface area contributed by atoms with Gasteiger partial charge in [0.25, 0.3) is 0 Å². The van der Waals surface area contributed by atoms with E-state index in [1.807, 2.05) is 13.8 Å². The van der Waals surface area contributed by atoms with Crippen LogP contribution >= 0.6 is 0 Å². The van der Waals surface area contributed by atoms with Crippen LogP contribution in [0.1, 0.15) is 26.3 Å². The highest BCUT2D eigenvalue weighted by Gasteiger charge is 2.17. The first-order valence-corrected chi connectivity index (χ1v) is 7.04. The van der Waals surface area contributed by atoms with Crippen LogP contribution in [-0.2, 0) is 11.3 Å². The number of amides is 1. The molecule has 0 unspecified atom stereocenters. The van der Waals surface area contributed by atoms with Crippen LogP contribution in [0.3, 0.4) is 0 Å². The van der Waals surface area contributed by atoms with Gasteiger partial charge in [0.1, 0.15) is 17.3 Å². The summed E-state index contributed by atoms with van der Waals surface area (Å²) in [7, 11) is 1.49. The molecule has 1 aromatic rings. The Labute approximate surface area is 124 Å². The normalized spacial score (nSPS) is 10.8. The van der Waals surface area contributed by atoms with E-state index < -0.39 is 11.6 Å². The van der Waals surface area contributed by atoms with Crippen LogP contribution in [0.4, 0.5) is 14.5 Å². The SMILES string of the molecule is CCNC(=O)CN(C)c1c(F)cc(CNC(C)C)cc1F. The Morgan fingerprint density at radius 1 is 1.29 bits per heavy atom. The van der Waals surface area contributed by atoms with Crippen molar-refractivity contribution in [1.82, 2.24) is 10.6 Å². The van der Waals surface area contributed by atoms with Crippen LogP contribution in [-0.4, -0.2) is 32.1 Å². The van der Waals surface area contributed by atoms with Crippen LogP contribution in [0, 0.1) is 11.6 Å². The number of nitrogens with zero attached hydrogens (tertiary/aromatic N) is 1. The summed E-state index contributed by atoms with van der Waals surface area (Å²) in [6.07, 6.45) is 0. The molecule has 0 aliphatic carbocycles. The largest absolute Gasteiger partial charge is 0.361 e. The lowest BCUT2D eigenvalue weighted by molar-refractivity contribution is -0.119. The zero-order valence-corrected chi connectivity index (χ0v) is 13.0. The van der Waals surface area contributed by atoms with E-state index in [0.29, 0.717) is 18.7 Å². The molecule has 0 fully saturated rings. The minimum atomic E-state index is -0.664. The van der Waals surface area contributed by atoms with Gasteiger partial charge >= 0.3 is 0 Å². The predicted molar refractivity (Wildman–Crippen MR) is 80.3 cm³/mol. The molecule has 118 valence electrons. The molecule has 21 heavy (non-hydrogen) atoms. The molecule has 0 saturated carbocycles. The molecule has 4 nitrogen and oxygen atoms in total. The molecule has 2 N–H and O–H groups in total. The Morgan fingerprint density at radius 2 is 1.86 bits per heavy atom. The first-order chi connectivity index (χ1) is 9.85. The smallest absolute Gasteiger partial charge is 0.239 e. The average Bonchev–Trinajstić information content (AvgIpc) is 2.35. The van der Waals surface area contributed by atoms with Crippen molar-refractivity contribution in [2.45, 2.75) is 33.4 Å². The summed E-state index contributed by atoms with van der Waals surface area (Å²) in [4.78, 5) is 12.8. The lowest BCUT2D eigenvalue weighted by Crippen LogP contribution is -2.35. The molecule has 0 heterocycles. The molecule has 1 amide bonds. The Hall–Kier alpha value is -1.69. The number of halogens is 2. The van der Waals surface area contributed by atoms with Gasteiger partial charge < -0.3 is 15.5 Å². The summed E-state index contributed by atoms with van der Waals surface area (Å²) in [5.41, 5.74) is 0.350. The molecule has 6 heteroatoms. The number of hydrogen-bond acceptors (Lipinski definition) is 3. The molecule has 1 rings (SSSR count). The Morgan fingerprint density at radius 3 is 2.33 bits per heavy atom. The molecule has 0 aliphatic rings. The molecular weight excluding hydrogens is 276 g/mol. The number of anilines is 1. The minimum absolute atomic E-state index is 0.0920. The van der Waals surface area contributed by atoms with Crippen LogP contribution in [0.25, 0.3) is 0 Å². The van der Waals surface area contributed by atoms with Crippen molar-refractivity contribution >= 4 is 11.6 Å². The summed E-state index contributed by atoms with van der Waals surface area (Å²) in [5, 5.41) is 5.70. The molecule has 0 aliphatic heterocycles. The number of likely N-dealkylation sites (N-methyl/N-ethyl adjacent to an activating group) is 2. The second-order valence-corrected chi connectivity index (χ2v) is 5.25. The molecular formula is C15H23F2N3O. The van der Waals surface area contributed by atoms with E-state index >= 15 is 0 Å². The highest BCUT2D eigenvalue weighted by Crippen LogP contribution is 2.24. The van der Waals surface area contributed by atoms with E-state index in [4.69, 9.17) is 0 Å². The fourth-order valence-corrected chi connectivity index (χ4v) is 1.95. The topological polar surface area (TPSA) is 44.4 Å². The fraction of sp³-hybridized carbons (Fsp3) is 0.533. The van der Waals surface area contributed by atoms with E-state index in [2.05, 4.69) is 10.6 Å². The number of nitrogens with one attached hydrogen (secondary N) is 2. The van der Waals surface area contributed by atoms with Gasteiger partial charge in [0, 0.05) is 26.2 Å². The molecule has 0 bridgehead atoms. The van der Waals surface area contributed by atoms with Crippen molar-refractivity contribution in [2.24, 2.45) is 0 Å². The van der Waals surface area contributed by atoms with Crippen LogP contribution in [0.2, 0.25) is 0 Å². The van der Waals surface area contributed by atoms with Gasteiger partial charge in [-0.3, -0.25) is 4.79 Å². The summed E-state index contributed by atoms with van der Waals surface area (Å²) < 4.78 is 28.2. The monoisotopic (exact) mass is 299 g/mol. The summed E-state index contributed by atoms with van der Waals surface area (Å²) in [5.74, 6) is -1.60. The van der Waals surface area contributed by atoms with Crippen molar-refractivity contribution < 1.29 is 13.6 Å². The second kappa shape index (κ2) is 7.93. The van der Waals surface area contributed by atoms with Gasteiger partial charge in [0.2, 0.25) is 5.91 Å². The van der Waals surface area contributed by atoms with Gasteiger partial charge in [-0.1, -0.05) is 13.8 Å². The van der Waals surface area contributed by atoms with Crippen molar-refractivity contribution in [2.75, 3.05) is 25.0 Å². The molecule has 1 aromatic carbocycles. The molecule has 0 saturated heterocycles. The maximum Gasteiger partial charge on any atom is 0.239 e.